The SMILES string of the molecule is Cc1nc(C(N)c2ccc(Cl)o2)cs1. The quantitative estimate of drug-likeness (QED) is 0.860. The molecule has 0 radical (unpaired) electrons. The average Bonchev–Trinajstić information content (AvgIpc) is 2.73. The predicted octanol–water partition coefficient (Wildman–Crippen LogP) is 2.75. The first kappa shape index (κ1) is 9.71. The summed E-state index contributed by atoms with van der Waals surface area (Å²) in [5.41, 5.74) is 6.75. The molecule has 2 rings (SSSR count). The minimum Gasteiger partial charge on any atom is -0.448 e. The van der Waals surface area contributed by atoms with Crippen LogP contribution < -0.4 is 5.73 Å². The lowest BCUT2D eigenvalue weighted by molar-refractivity contribution is 0.488. The zero-order valence-corrected chi connectivity index (χ0v) is 9.10. The molecule has 0 saturated heterocycles. The van der Waals surface area contributed by atoms with Crippen LogP contribution in [0.25, 0.3) is 0 Å². The van der Waals surface area contributed by atoms with Crippen LogP contribution in [0.15, 0.2) is 21.9 Å². The molecule has 0 aromatic carbocycles. The summed E-state index contributed by atoms with van der Waals surface area (Å²) < 4.78 is 5.21. The molecule has 0 amide bonds. The molecule has 0 aliphatic rings. The molecule has 14 heavy (non-hydrogen) atoms. The van der Waals surface area contributed by atoms with Gasteiger partial charge in [-0.1, -0.05) is 0 Å². The Kier molecular flexibility index (Phi) is 2.58. The first-order valence-electron chi connectivity index (χ1n) is 4.09. The van der Waals surface area contributed by atoms with Gasteiger partial charge < -0.3 is 10.2 Å². The highest BCUT2D eigenvalue weighted by Crippen LogP contribution is 2.24. The molecule has 0 spiro atoms. The Balaban J connectivity index is 2.28. The van der Waals surface area contributed by atoms with E-state index in [4.69, 9.17) is 21.8 Å². The summed E-state index contributed by atoms with van der Waals surface area (Å²) in [5.74, 6) is 0.639. The van der Waals surface area contributed by atoms with Crippen molar-refractivity contribution in [3.05, 3.63) is 39.2 Å². The third-order valence-corrected chi connectivity index (χ3v) is 2.85. The minimum absolute atomic E-state index is 0.326. The molecule has 0 fully saturated rings. The summed E-state index contributed by atoms with van der Waals surface area (Å²) in [7, 11) is 0. The molecule has 3 nitrogen and oxygen atoms in total. The van der Waals surface area contributed by atoms with Gasteiger partial charge in [0.1, 0.15) is 11.8 Å². The Morgan fingerprint density at radius 3 is 2.86 bits per heavy atom. The number of aryl methyl sites for hydroxylation is 1. The van der Waals surface area contributed by atoms with Crippen LogP contribution in [0.1, 0.15) is 22.5 Å². The van der Waals surface area contributed by atoms with E-state index in [1.807, 2.05) is 12.3 Å². The minimum atomic E-state index is -0.326. The number of hydrogen-bond acceptors (Lipinski definition) is 4. The lowest BCUT2D eigenvalue weighted by Crippen LogP contribution is -2.11. The van der Waals surface area contributed by atoms with Crippen LogP contribution in [0.2, 0.25) is 5.22 Å². The normalized spacial score (nSPS) is 13.1. The van der Waals surface area contributed by atoms with Gasteiger partial charge in [0.2, 0.25) is 0 Å². The topological polar surface area (TPSA) is 52.0 Å². The van der Waals surface area contributed by atoms with E-state index in [0.717, 1.165) is 10.7 Å². The molecule has 2 heterocycles. The third kappa shape index (κ3) is 1.82. The Bertz CT molecular complexity index is 397. The average molecular weight is 229 g/mol. The van der Waals surface area contributed by atoms with Crippen LogP contribution in [-0.4, -0.2) is 4.98 Å². The highest BCUT2D eigenvalue weighted by Gasteiger charge is 2.15. The predicted molar refractivity (Wildman–Crippen MR) is 56.6 cm³/mol. The summed E-state index contributed by atoms with van der Waals surface area (Å²) in [4.78, 5) is 4.29. The molecule has 0 bridgehead atoms. The van der Waals surface area contributed by atoms with Crippen molar-refractivity contribution in [3.63, 3.8) is 0 Å². The van der Waals surface area contributed by atoms with Gasteiger partial charge in [-0.3, -0.25) is 0 Å². The molecule has 1 atom stereocenters. The molecule has 5 heteroatoms. The van der Waals surface area contributed by atoms with E-state index >= 15 is 0 Å². The Morgan fingerprint density at radius 2 is 2.36 bits per heavy atom. The van der Waals surface area contributed by atoms with Crippen molar-refractivity contribution in [1.29, 1.82) is 0 Å². The van der Waals surface area contributed by atoms with Crippen LogP contribution in [-0.2, 0) is 0 Å². The van der Waals surface area contributed by atoms with Crippen molar-refractivity contribution < 1.29 is 4.42 Å². The molecule has 1 unspecified atom stereocenters. The van der Waals surface area contributed by atoms with Crippen molar-refractivity contribution in [1.82, 2.24) is 4.98 Å². The van der Waals surface area contributed by atoms with Gasteiger partial charge in [0.25, 0.3) is 0 Å². The van der Waals surface area contributed by atoms with Gasteiger partial charge in [-0.25, -0.2) is 4.98 Å². The first-order chi connectivity index (χ1) is 6.66. The second-order valence-corrected chi connectivity index (χ2v) is 4.35. The molecule has 74 valence electrons. The standard InChI is InChI=1S/C9H9ClN2OS/c1-5-12-6(4-14-5)9(11)7-2-3-8(10)13-7/h2-4,9H,11H2,1H3. The van der Waals surface area contributed by atoms with Crippen molar-refractivity contribution in [2.24, 2.45) is 5.73 Å². The zero-order valence-electron chi connectivity index (χ0n) is 7.53. The molecule has 2 N–H and O–H groups in total. The summed E-state index contributed by atoms with van der Waals surface area (Å²) in [6.07, 6.45) is 0. The zero-order chi connectivity index (χ0) is 10.1. The Morgan fingerprint density at radius 1 is 1.57 bits per heavy atom. The fourth-order valence-electron chi connectivity index (χ4n) is 1.16. The number of aromatic nitrogens is 1. The van der Waals surface area contributed by atoms with E-state index in [1.54, 1.807) is 23.5 Å². The van der Waals surface area contributed by atoms with E-state index in [2.05, 4.69) is 4.98 Å². The van der Waals surface area contributed by atoms with Gasteiger partial charge >= 0.3 is 0 Å². The number of rotatable bonds is 2. The smallest absolute Gasteiger partial charge is 0.193 e. The second-order valence-electron chi connectivity index (χ2n) is 2.91. The van der Waals surface area contributed by atoms with E-state index < -0.39 is 0 Å². The maximum atomic E-state index is 5.93. The highest BCUT2D eigenvalue weighted by molar-refractivity contribution is 7.09. The molecular formula is C9H9ClN2OS. The first-order valence-corrected chi connectivity index (χ1v) is 5.35. The van der Waals surface area contributed by atoms with Crippen molar-refractivity contribution in [2.45, 2.75) is 13.0 Å². The van der Waals surface area contributed by atoms with Gasteiger partial charge in [-0.05, 0) is 30.7 Å². The third-order valence-electron chi connectivity index (χ3n) is 1.86. The highest BCUT2D eigenvalue weighted by atomic mass is 35.5. The molecule has 0 saturated carbocycles. The van der Waals surface area contributed by atoms with Crippen LogP contribution >= 0.6 is 22.9 Å². The van der Waals surface area contributed by atoms with Gasteiger partial charge in [0, 0.05) is 5.38 Å². The van der Waals surface area contributed by atoms with Crippen LogP contribution in [0.4, 0.5) is 0 Å². The fraction of sp³-hybridized carbons (Fsp3) is 0.222. The van der Waals surface area contributed by atoms with E-state index in [1.165, 1.54) is 0 Å². The molecule has 0 aliphatic carbocycles. The van der Waals surface area contributed by atoms with Crippen LogP contribution in [0.3, 0.4) is 0 Å². The van der Waals surface area contributed by atoms with Gasteiger partial charge in [0.15, 0.2) is 5.22 Å². The number of nitrogens with two attached hydrogens (primary N) is 1. The lowest BCUT2D eigenvalue weighted by atomic mass is 10.2. The molecule has 2 aromatic rings. The number of furan rings is 1. The van der Waals surface area contributed by atoms with Crippen molar-refractivity contribution in [3.8, 4) is 0 Å². The van der Waals surface area contributed by atoms with E-state index in [9.17, 15) is 0 Å². The monoisotopic (exact) mass is 228 g/mol. The maximum absolute atomic E-state index is 5.93. The largest absolute Gasteiger partial charge is 0.448 e. The number of hydrogen-bond donors (Lipinski definition) is 1. The number of halogens is 1. The van der Waals surface area contributed by atoms with Gasteiger partial charge in [-0.2, -0.15) is 0 Å². The maximum Gasteiger partial charge on any atom is 0.193 e. The van der Waals surface area contributed by atoms with Crippen LogP contribution in [0, 0.1) is 6.92 Å². The summed E-state index contributed by atoms with van der Waals surface area (Å²) in [5, 5.41) is 3.27. The fourth-order valence-corrected chi connectivity index (χ4v) is 1.96. The van der Waals surface area contributed by atoms with E-state index in [0.29, 0.717) is 11.0 Å². The summed E-state index contributed by atoms with van der Waals surface area (Å²) in [6, 6.07) is 3.12. The Hall–Kier alpha value is -0.840. The van der Waals surface area contributed by atoms with Gasteiger partial charge in [0.05, 0.1) is 10.7 Å². The number of nitrogens with zero attached hydrogens (tertiary/aromatic N) is 1. The number of thiazole rings is 1. The van der Waals surface area contributed by atoms with E-state index in [-0.39, 0.29) is 6.04 Å². The van der Waals surface area contributed by atoms with Gasteiger partial charge in [-0.15, -0.1) is 11.3 Å². The Labute approximate surface area is 90.5 Å². The molecular weight excluding hydrogens is 220 g/mol. The summed E-state index contributed by atoms with van der Waals surface area (Å²) >= 11 is 7.23. The second kappa shape index (κ2) is 3.73. The van der Waals surface area contributed by atoms with Crippen molar-refractivity contribution in [2.75, 3.05) is 0 Å². The van der Waals surface area contributed by atoms with Crippen molar-refractivity contribution >= 4 is 22.9 Å². The van der Waals surface area contributed by atoms with Crippen LogP contribution in [0.5, 0.6) is 0 Å². The lowest BCUT2D eigenvalue weighted by Gasteiger charge is -2.03. The molecule has 0 aliphatic heterocycles. The summed E-state index contributed by atoms with van der Waals surface area (Å²) in [6.45, 7) is 1.94. The molecule has 2 aromatic heterocycles.